The smallest absolute Gasteiger partial charge is 0.329 e. The Morgan fingerprint density at radius 2 is 2.00 bits per heavy atom. The van der Waals surface area contributed by atoms with Gasteiger partial charge in [0.2, 0.25) is 0 Å². The number of nitrogens with two attached hydrogens (primary N) is 1. The highest BCUT2D eigenvalue weighted by molar-refractivity contribution is 5.88. The van der Waals surface area contributed by atoms with Crippen LogP contribution in [0.3, 0.4) is 0 Å². The van der Waals surface area contributed by atoms with Gasteiger partial charge in [-0.25, -0.2) is 4.79 Å². The van der Waals surface area contributed by atoms with E-state index in [1.165, 1.54) is 28.0 Å². The Balaban J connectivity index is 4.77. The molecule has 88 valence electrons. The largest absolute Gasteiger partial charge is 0.480 e. The van der Waals surface area contributed by atoms with Crippen molar-refractivity contribution in [1.29, 1.82) is 0 Å². The molecule has 6 nitrogen and oxygen atoms in total. The maximum atomic E-state index is 11.7. The molecule has 0 fully saturated rings. The van der Waals surface area contributed by atoms with Crippen LogP contribution in [0.25, 0.3) is 0 Å². The lowest BCUT2D eigenvalue weighted by Crippen LogP contribution is -2.55. The number of hydrogen-bond donors (Lipinski definition) is 2. The molecule has 0 aliphatic carbocycles. The summed E-state index contributed by atoms with van der Waals surface area (Å²) in [4.78, 5) is 23.7. The average Bonchev–Trinajstić information content (AvgIpc) is 2.17. The van der Waals surface area contributed by atoms with E-state index in [1.54, 1.807) is 0 Å². The number of carboxylic acid groups (broad SMARTS) is 1. The molecule has 0 aliphatic rings. The molecule has 1 unspecified atom stereocenters. The number of amides is 1. The molecule has 0 saturated heterocycles. The molecule has 3 N–H and O–H groups in total. The zero-order chi connectivity index (χ0) is 12.2. The van der Waals surface area contributed by atoms with Crippen molar-refractivity contribution < 1.29 is 19.4 Å². The van der Waals surface area contributed by atoms with Crippen LogP contribution in [-0.2, 0) is 14.3 Å². The first-order chi connectivity index (χ1) is 6.78. The summed E-state index contributed by atoms with van der Waals surface area (Å²) in [5, 5.41) is 8.92. The Bertz CT molecular complexity index is 248. The summed E-state index contributed by atoms with van der Waals surface area (Å²) in [5.74, 6) is -1.52. The third-order valence-electron chi connectivity index (χ3n) is 2.47. The molecule has 1 amide bonds. The molecule has 0 heterocycles. The zero-order valence-corrected chi connectivity index (χ0v) is 9.48. The fourth-order valence-corrected chi connectivity index (χ4v) is 0.933. The third kappa shape index (κ3) is 2.90. The van der Waals surface area contributed by atoms with E-state index in [0.29, 0.717) is 0 Å². The predicted octanol–water partition coefficient (Wildman–Crippen LogP) is -0.718. The zero-order valence-electron chi connectivity index (χ0n) is 9.48. The van der Waals surface area contributed by atoms with Crippen LogP contribution < -0.4 is 5.73 Å². The second-order valence-corrected chi connectivity index (χ2v) is 3.72. The van der Waals surface area contributed by atoms with Crippen LogP contribution >= 0.6 is 0 Å². The molecule has 15 heavy (non-hydrogen) atoms. The van der Waals surface area contributed by atoms with Gasteiger partial charge in [-0.3, -0.25) is 4.79 Å². The van der Waals surface area contributed by atoms with Crippen molar-refractivity contribution in [2.24, 2.45) is 5.73 Å². The summed E-state index contributed by atoms with van der Waals surface area (Å²) in [6.07, 6.45) is -0.798. The monoisotopic (exact) mass is 218 g/mol. The van der Waals surface area contributed by atoms with Crippen LogP contribution in [0.2, 0.25) is 0 Å². The lowest BCUT2D eigenvalue weighted by molar-refractivity contribution is -0.159. The molecular formula is C9H18N2O4. The summed E-state index contributed by atoms with van der Waals surface area (Å²) in [5.41, 5.74) is 4.05. The van der Waals surface area contributed by atoms with Crippen LogP contribution in [0.4, 0.5) is 0 Å². The molecule has 1 atom stereocenters. The van der Waals surface area contributed by atoms with Gasteiger partial charge in [-0.2, -0.15) is 0 Å². The van der Waals surface area contributed by atoms with Gasteiger partial charge in [0, 0.05) is 20.7 Å². The van der Waals surface area contributed by atoms with Crippen LogP contribution in [0, 0.1) is 0 Å². The van der Waals surface area contributed by atoms with Gasteiger partial charge in [0.1, 0.15) is 11.6 Å². The number of carbonyl (C=O) groups is 2. The van der Waals surface area contributed by atoms with Crippen molar-refractivity contribution in [3.05, 3.63) is 0 Å². The van der Waals surface area contributed by atoms with Crippen molar-refractivity contribution in [2.45, 2.75) is 25.5 Å². The standard InChI is InChI=1S/C9H18N2O4/c1-9(2,8(13)14)11(3)7(12)6(5-10)15-4/h6H,5,10H2,1-4H3,(H,13,14). The van der Waals surface area contributed by atoms with Gasteiger partial charge < -0.3 is 20.5 Å². The van der Waals surface area contributed by atoms with Crippen molar-refractivity contribution in [2.75, 3.05) is 20.7 Å². The number of hydrogen-bond acceptors (Lipinski definition) is 4. The molecule has 0 radical (unpaired) electrons. The molecule has 0 rings (SSSR count). The summed E-state index contributed by atoms with van der Waals surface area (Å²) < 4.78 is 4.85. The lowest BCUT2D eigenvalue weighted by atomic mass is 10.0. The maximum absolute atomic E-state index is 11.7. The van der Waals surface area contributed by atoms with E-state index in [1.807, 2.05) is 0 Å². The highest BCUT2D eigenvalue weighted by Gasteiger charge is 2.37. The minimum absolute atomic E-state index is 0.0232. The highest BCUT2D eigenvalue weighted by atomic mass is 16.5. The Kier molecular flexibility index (Phi) is 4.70. The number of likely N-dealkylation sites (N-methyl/N-ethyl adjacent to an activating group) is 1. The van der Waals surface area contributed by atoms with Crippen molar-refractivity contribution in [1.82, 2.24) is 4.90 Å². The molecule has 6 heteroatoms. The molecule has 0 aromatic carbocycles. The number of carboxylic acids is 1. The van der Waals surface area contributed by atoms with E-state index in [-0.39, 0.29) is 6.54 Å². The van der Waals surface area contributed by atoms with E-state index < -0.39 is 23.5 Å². The first-order valence-electron chi connectivity index (χ1n) is 4.53. The Labute approximate surface area is 89.0 Å². The van der Waals surface area contributed by atoms with E-state index in [2.05, 4.69) is 0 Å². The van der Waals surface area contributed by atoms with Gasteiger partial charge in [-0.05, 0) is 13.8 Å². The SMILES string of the molecule is COC(CN)C(=O)N(C)C(C)(C)C(=O)O. The van der Waals surface area contributed by atoms with E-state index in [9.17, 15) is 9.59 Å². The highest BCUT2D eigenvalue weighted by Crippen LogP contribution is 2.14. The normalized spacial score (nSPS) is 13.4. The first-order valence-corrected chi connectivity index (χ1v) is 4.53. The van der Waals surface area contributed by atoms with E-state index in [4.69, 9.17) is 15.6 Å². The summed E-state index contributed by atoms with van der Waals surface area (Å²) in [7, 11) is 2.77. The fraction of sp³-hybridized carbons (Fsp3) is 0.778. The number of aliphatic carboxylic acids is 1. The van der Waals surface area contributed by atoms with E-state index >= 15 is 0 Å². The van der Waals surface area contributed by atoms with Gasteiger partial charge in [-0.15, -0.1) is 0 Å². The average molecular weight is 218 g/mol. The topological polar surface area (TPSA) is 92.9 Å². The quantitative estimate of drug-likeness (QED) is 0.635. The summed E-state index contributed by atoms with van der Waals surface area (Å²) in [6.45, 7) is 2.91. The van der Waals surface area contributed by atoms with Crippen LogP contribution in [-0.4, -0.2) is 54.2 Å². The maximum Gasteiger partial charge on any atom is 0.329 e. The van der Waals surface area contributed by atoms with Crippen molar-refractivity contribution >= 4 is 11.9 Å². The van der Waals surface area contributed by atoms with Crippen molar-refractivity contribution in [3.8, 4) is 0 Å². The third-order valence-corrected chi connectivity index (χ3v) is 2.47. The van der Waals surface area contributed by atoms with Gasteiger partial charge in [0.15, 0.2) is 0 Å². The molecule has 0 aromatic rings. The molecule has 0 bridgehead atoms. The lowest BCUT2D eigenvalue weighted by Gasteiger charge is -2.33. The summed E-state index contributed by atoms with van der Waals surface area (Å²) in [6, 6.07) is 0. The molecule has 0 aliphatic heterocycles. The number of rotatable bonds is 5. The van der Waals surface area contributed by atoms with Crippen LogP contribution in [0.1, 0.15) is 13.8 Å². The predicted molar refractivity (Wildman–Crippen MR) is 54.3 cm³/mol. The first kappa shape index (κ1) is 13.9. The van der Waals surface area contributed by atoms with Crippen molar-refractivity contribution in [3.63, 3.8) is 0 Å². The van der Waals surface area contributed by atoms with Gasteiger partial charge in [0.05, 0.1) is 0 Å². The van der Waals surface area contributed by atoms with E-state index in [0.717, 1.165) is 4.90 Å². The Morgan fingerprint density at radius 1 is 1.53 bits per heavy atom. The molecular weight excluding hydrogens is 200 g/mol. The number of carbonyl (C=O) groups excluding carboxylic acids is 1. The fourth-order valence-electron chi connectivity index (χ4n) is 0.933. The number of methoxy groups -OCH3 is 1. The molecule has 0 spiro atoms. The minimum atomic E-state index is -1.27. The summed E-state index contributed by atoms with van der Waals surface area (Å²) >= 11 is 0. The Morgan fingerprint density at radius 3 is 2.27 bits per heavy atom. The second-order valence-electron chi connectivity index (χ2n) is 3.72. The minimum Gasteiger partial charge on any atom is -0.480 e. The molecule has 0 aromatic heterocycles. The molecule has 0 saturated carbocycles. The van der Waals surface area contributed by atoms with Crippen LogP contribution in [0.15, 0.2) is 0 Å². The van der Waals surface area contributed by atoms with Gasteiger partial charge >= 0.3 is 5.97 Å². The van der Waals surface area contributed by atoms with Gasteiger partial charge in [-0.1, -0.05) is 0 Å². The Hall–Kier alpha value is -1.14. The number of ether oxygens (including phenoxy) is 1. The van der Waals surface area contributed by atoms with Crippen LogP contribution in [0.5, 0.6) is 0 Å². The van der Waals surface area contributed by atoms with Gasteiger partial charge in [0.25, 0.3) is 5.91 Å². The number of nitrogens with zero attached hydrogens (tertiary/aromatic N) is 1. The second kappa shape index (κ2) is 5.09.